The van der Waals surface area contributed by atoms with E-state index in [1.807, 2.05) is 30.0 Å². The number of phenols is 1. The Morgan fingerprint density at radius 1 is 0.917 bits per heavy atom. The van der Waals surface area contributed by atoms with Crippen molar-refractivity contribution in [1.82, 2.24) is 34.6 Å². The molecule has 12 rings (SSSR count). The van der Waals surface area contributed by atoms with Gasteiger partial charge in [0.15, 0.2) is 11.4 Å². The normalized spacial score (nSPS) is 23.8. The lowest BCUT2D eigenvalue weighted by molar-refractivity contribution is -0.135. The number of carbonyl (C=O) groups excluding carboxylic acids is 2. The second kappa shape index (κ2) is 17.8. The van der Waals surface area contributed by atoms with E-state index >= 15 is 8.78 Å². The van der Waals surface area contributed by atoms with Gasteiger partial charge in [0.1, 0.15) is 34.6 Å². The number of rotatable bonds is 11. The summed E-state index contributed by atoms with van der Waals surface area (Å²) in [6.07, 6.45) is 10.5. The van der Waals surface area contributed by atoms with E-state index in [4.69, 9.17) is 19.1 Å². The summed E-state index contributed by atoms with van der Waals surface area (Å²) in [7, 11) is 0. The number of imide groups is 1. The van der Waals surface area contributed by atoms with Gasteiger partial charge in [-0.1, -0.05) is 13.0 Å². The molecular formula is C54H61F2N9O7. The number of nitrogens with zero attached hydrogens (tertiary/aromatic N) is 8. The van der Waals surface area contributed by atoms with E-state index in [-0.39, 0.29) is 52.7 Å². The minimum Gasteiger partial charge on any atom is -0.508 e. The van der Waals surface area contributed by atoms with Crippen LogP contribution < -0.4 is 25.6 Å². The Kier molecular flexibility index (Phi) is 11.5. The van der Waals surface area contributed by atoms with Crippen LogP contribution in [0.4, 0.5) is 20.3 Å². The van der Waals surface area contributed by atoms with Crippen LogP contribution in [0.5, 0.6) is 11.8 Å². The summed E-state index contributed by atoms with van der Waals surface area (Å²) >= 11 is 0. The van der Waals surface area contributed by atoms with Crippen molar-refractivity contribution < 1.29 is 37.7 Å². The molecule has 6 aliphatic rings. The molecule has 2 atom stereocenters. The summed E-state index contributed by atoms with van der Waals surface area (Å²) in [5.41, 5.74) is 1.94. The number of aryl methyl sites for hydroxylation is 1. The van der Waals surface area contributed by atoms with Gasteiger partial charge in [-0.05, 0) is 136 Å². The minimum absolute atomic E-state index is 0.0116. The molecule has 3 aromatic carbocycles. The maximum Gasteiger partial charge on any atom is 0.420 e. The highest BCUT2D eigenvalue weighted by molar-refractivity contribution is 6.02. The lowest BCUT2D eigenvalue weighted by atomic mass is 9.60. The number of aromatic nitrogens is 4. The fourth-order valence-corrected chi connectivity index (χ4v) is 12.7. The Morgan fingerprint density at radius 3 is 2.44 bits per heavy atom. The van der Waals surface area contributed by atoms with Crippen molar-refractivity contribution in [2.45, 2.75) is 102 Å². The second-order valence-electron chi connectivity index (χ2n) is 22.0. The summed E-state index contributed by atoms with van der Waals surface area (Å²) in [6.45, 7) is 11.5. The van der Waals surface area contributed by atoms with Crippen molar-refractivity contribution in [2.75, 3.05) is 75.3 Å². The minimum atomic E-state index is -0.968. The summed E-state index contributed by atoms with van der Waals surface area (Å²) in [5.74, 6) is -2.19. The van der Waals surface area contributed by atoms with Gasteiger partial charge in [0, 0.05) is 87.2 Å². The molecule has 7 heterocycles. The smallest absolute Gasteiger partial charge is 0.420 e. The first-order valence-electron chi connectivity index (χ1n) is 25.8. The number of phenolic OH excluding ortho intramolecular Hbond substituents is 1. The number of aromatic hydroxyl groups is 1. The molecule has 6 aromatic rings. The first-order valence-corrected chi connectivity index (χ1v) is 25.8. The lowest BCUT2D eigenvalue weighted by Gasteiger charge is -2.56. The van der Waals surface area contributed by atoms with Crippen molar-refractivity contribution >= 4 is 56.1 Å². The van der Waals surface area contributed by atoms with E-state index in [2.05, 4.69) is 25.0 Å². The molecular weight excluding hydrogens is 925 g/mol. The Balaban J connectivity index is 0.685. The Bertz CT molecular complexity index is 3200. The zero-order chi connectivity index (χ0) is 49.7. The molecule has 3 aromatic heterocycles. The number of hydrogen-bond acceptors (Lipinski definition) is 14. The molecule has 0 bridgehead atoms. The van der Waals surface area contributed by atoms with Gasteiger partial charge in [-0.3, -0.25) is 29.4 Å². The van der Waals surface area contributed by atoms with Gasteiger partial charge in [0.2, 0.25) is 11.8 Å². The van der Waals surface area contributed by atoms with Crippen LogP contribution in [0.15, 0.2) is 57.9 Å². The lowest BCUT2D eigenvalue weighted by Crippen LogP contribution is -2.59. The van der Waals surface area contributed by atoms with Crippen LogP contribution >= 0.6 is 0 Å². The molecule has 378 valence electrons. The van der Waals surface area contributed by atoms with Gasteiger partial charge in [0.25, 0.3) is 0 Å². The number of aliphatic hydroxyl groups is 1. The predicted octanol–water partition coefficient (Wildman–Crippen LogP) is 6.85. The predicted molar refractivity (Wildman–Crippen MR) is 267 cm³/mol. The molecule has 4 aliphatic heterocycles. The second-order valence-corrected chi connectivity index (χ2v) is 22.0. The summed E-state index contributed by atoms with van der Waals surface area (Å²) < 4.78 is 45.8. The third kappa shape index (κ3) is 8.51. The van der Waals surface area contributed by atoms with Crippen molar-refractivity contribution in [1.29, 1.82) is 0 Å². The van der Waals surface area contributed by atoms with Gasteiger partial charge >= 0.3 is 11.8 Å². The Labute approximate surface area is 414 Å². The van der Waals surface area contributed by atoms with E-state index in [0.29, 0.717) is 82.6 Å². The summed E-state index contributed by atoms with van der Waals surface area (Å²) in [6, 6.07) is 11.5. The topological polar surface area (TPSA) is 183 Å². The van der Waals surface area contributed by atoms with Gasteiger partial charge in [-0.2, -0.15) is 9.97 Å². The SMILES string of the molecule is CCc1c(F)ccc2cc(O)cc(-c3ncc4c(N5CCC[C@@](C)(O)C5)nc(OCC5(CN6CCC7(CC6)CC(N6CCN(c8ccc9c(c8)oc(=O)n9C8CCC(=O)NC8=O)CC6)C7)CC5)nc4c3F)c12. The van der Waals surface area contributed by atoms with Crippen molar-refractivity contribution in [3.05, 3.63) is 76.4 Å². The first kappa shape index (κ1) is 46.8. The van der Waals surface area contributed by atoms with Crippen LogP contribution in [-0.4, -0.2) is 128 Å². The van der Waals surface area contributed by atoms with Crippen LogP contribution in [-0.2, 0) is 16.0 Å². The van der Waals surface area contributed by atoms with Crippen LogP contribution in [0, 0.1) is 22.5 Å². The maximum absolute atomic E-state index is 17.2. The number of oxazole rings is 1. The number of halogens is 2. The van der Waals surface area contributed by atoms with Crippen LogP contribution in [0.1, 0.15) is 89.7 Å². The van der Waals surface area contributed by atoms with E-state index in [1.165, 1.54) is 35.7 Å². The fourth-order valence-electron chi connectivity index (χ4n) is 12.7. The number of amides is 2. The van der Waals surface area contributed by atoms with E-state index in [9.17, 15) is 24.6 Å². The van der Waals surface area contributed by atoms with Crippen LogP contribution in [0.25, 0.3) is 44.0 Å². The molecule has 2 aliphatic carbocycles. The zero-order valence-electron chi connectivity index (χ0n) is 40.9. The third-order valence-corrected chi connectivity index (χ3v) is 17.0. The number of fused-ring (bicyclic) bond motifs is 3. The van der Waals surface area contributed by atoms with Crippen molar-refractivity contribution in [3.63, 3.8) is 0 Å². The third-order valence-electron chi connectivity index (χ3n) is 17.0. The summed E-state index contributed by atoms with van der Waals surface area (Å²) in [5, 5.41) is 25.6. The van der Waals surface area contributed by atoms with Gasteiger partial charge in [0.05, 0.1) is 23.1 Å². The number of β-amino-alcohol motifs (C(OH)–C–C–N with tert-alkyl or cyclic N) is 1. The summed E-state index contributed by atoms with van der Waals surface area (Å²) in [4.78, 5) is 60.8. The molecule has 72 heavy (non-hydrogen) atoms. The molecule has 3 N–H and O–H groups in total. The van der Waals surface area contributed by atoms with Gasteiger partial charge in [-0.25, -0.2) is 13.6 Å². The van der Waals surface area contributed by atoms with Crippen molar-refractivity contribution in [3.8, 4) is 23.0 Å². The van der Waals surface area contributed by atoms with E-state index in [1.54, 1.807) is 19.1 Å². The number of hydrogen-bond donors (Lipinski definition) is 3. The Hall–Kier alpha value is -6.24. The van der Waals surface area contributed by atoms with E-state index < -0.39 is 34.9 Å². The average molecular weight is 986 g/mol. The number of likely N-dealkylation sites (tertiary alicyclic amines) is 1. The number of anilines is 2. The number of benzene rings is 3. The number of piperidine rings is 3. The molecule has 2 amide bonds. The Morgan fingerprint density at radius 2 is 1.71 bits per heavy atom. The first-order chi connectivity index (χ1) is 34.7. The quantitative estimate of drug-likeness (QED) is 0.115. The number of carbonyl (C=O) groups is 2. The van der Waals surface area contributed by atoms with Crippen LogP contribution in [0.3, 0.4) is 0 Å². The molecule has 18 heteroatoms. The highest BCUT2D eigenvalue weighted by Crippen LogP contribution is 2.53. The number of piperazine rings is 1. The van der Waals surface area contributed by atoms with Gasteiger partial charge in [-0.15, -0.1) is 0 Å². The maximum atomic E-state index is 17.2. The van der Waals surface area contributed by atoms with Gasteiger partial charge < -0.3 is 34.1 Å². The number of ether oxygens (including phenoxy) is 1. The molecule has 16 nitrogen and oxygen atoms in total. The molecule has 6 fully saturated rings. The number of pyridine rings is 1. The van der Waals surface area contributed by atoms with Crippen LogP contribution in [0.2, 0.25) is 0 Å². The zero-order valence-corrected chi connectivity index (χ0v) is 40.9. The molecule has 4 saturated heterocycles. The highest BCUT2D eigenvalue weighted by atomic mass is 19.1. The fraction of sp³-hybridized carbons (Fsp3) is 0.519. The largest absolute Gasteiger partial charge is 0.508 e. The highest BCUT2D eigenvalue weighted by Gasteiger charge is 2.51. The molecule has 1 unspecified atom stereocenters. The van der Waals surface area contributed by atoms with E-state index in [0.717, 1.165) is 83.6 Å². The number of nitrogens with one attached hydrogen (secondary N) is 1. The van der Waals surface area contributed by atoms with Crippen molar-refractivity contribution in [2.24, 2.45) is 10.8 Å². The molecule has 1 spiro atoms. The standard InChI is InChI=1S/C54H61F2N9O7/c1-3-36-39(55)7-5-32-23-35(66)25-37(44(32)36)46-45(56)47-38(28-57-46)48(64-16-4-11-52(2,70)29-64)60-50(59-47)71-31-54(12-13-54)30-61-17-14-53(15-18-61)26-34(27-53)63-21-19-62(20-22-63)33-6-8-40-42(24-33)72-51(69)65(40)41-9-10-43(67)58-49(41)68/h5-8,23-25,28,34,41,66,70H,3-4,9-22,26-27,29-31H2,1-2H3,(H,58,67,68)/t41?,52-/m1/s1. The average Bonchev–Trinajstić information content (AvgIpc) is 4.04. The monoisotopic (exact) mass is 985 g/mol. The molecule has 2 saturated carbocycles. The molecule has 0 radical (unpaired) electrons.